The summed E-state index contributed by atoms with van der Waals surface area (Å²) in [5, 5.41) is 4.43. The third-order valence-electron chi connectivity index (χ3n) is 4.56. The molecule has 2 fully saturated rings. The van der Waals surface area contributed by atoms with Gasteiger partial charge < -0.3 is 10.2 Å². The van der Waals surface area contributed by atoms with Gasteiger partial charge in [-0.2, -0.15) is 0 Å². The molecule has 1 unspecified atom stereocenters. The van der Waals surface area contributed by atoms with Gasteiger partial charge in [0.2, 0.25) is 5.91 Å². The van der Waals surface area contributed by atoms with Crippen LogP contribution in [0, 0.1) is 0 Å². The molecule has 0 radical (unpaired) electrons. The minimum absolute atomic E-state index is 0.169. The molecule has 22 heavy (non-hydrogen) atoms. The lowest BCUT2D eigenvalue weighted by molar-refractivity contribution is -0.132. The van der Waals surface area contributed by atoms with E-state index in [2.05, 4.69) is 10.2 Å². The number of nitrogens with one attached hydrogen (secondary N) is 1. The number of carbonyl (C=O) groups excluding carboxylic acids is 1. The molecule has 0 aliphatic carbocycles. The van der Waals surface area contributed by atoms with Crippen LogP contribution in [0.15, 0.2) is 18.2 Å². The molecule has 0 bridgehead atoms. The van der Waals surface area contributed by atoms with E-state index in [1.165, 1.54) is 6.42 Å². The average Bonchev–Trinajstić information content (AvgIpc) is 3.05. The Labute approximate surface area is 141 Å². The molecule has 2 aliphatic rings. The number of hydrogen-bond acceptors (Lipinski definition) is 3. The summed E-state index contributed by atoms with van der Waals surface area (Å²) in [6.45, 7) is 5.77. The summed E-state index contributed by atoms with van der Waals surface area (Å²) in [6, 6.07) is 6.04. The number of carbonyl (C=O) groups is 1. The molecule has 6 heteroatoms. The number of benzene rings is 1. The second-order valence-corrected chi connectivity index (χ2v) is 6.80. The summed E-state index contributed by atoms with van der Waals surface area (Å²) in [7, 11) is 0. The van der Waals surface area contributed by atoms with E-state index in [9.17, 15) is 4.79 Å². The van der Waals surface area contributed by atoms with Gasteiger partial charge in [0.25, 0.3) is 0 Å². The quantitative estimate of drug-likeness (QED) is 0.913. The Morgan fingerprint density at radius 3 is 2.59 bits per heavy atom. The van der Waals surface area contributed by atoms with Crippen molar-refractivity contribution < 1.29 is 4.79 Å². The van der Waals surface area contributed by atoms with Crippen molar-refractivity contribution in [1.82, 2.24) is 15.1 Å². The Morgan fingerprint density at radius 2 is 1.95 bits per heavy atom. The van der Waals surface area contributed by atoms with Gasteiger partial charge in [-0.25, -0.2) is 0 Å². The first-order chi connectivity index (χ1) is 10.6. The van der Waals surface area contributed by atoms with Crippen LogP contribution in [-0.4, -0.2) is 61.0 Å². The molecule has 3 rings (SSSR count). The van der Waals surface area contributed by atoms with Crippen molar-refractivity contribution in [2.45, 2.75) is 18.9 Å². The van der Waals surface area contributed by atoms with Gasteiger partial charge in [0.1, 0.15) is 0 Å². The van der Waals surface area contributed by atoms with Crippen LogP contribution in [0.2, 0.25) is 10.0 Å². The smallest absolute Gasteiger partial charge is 0.227 e. The third-order valence-corrected chi connectivity index (χ3v) is 5.30. The molecule has 1 atom stereocenters. The normalized spacial score (nSPS) is 23.0. The van der Waals surface area contributed by atoms with Gasteiger partial charge in [-0.05, 0) is 30.7 Å². The Hall–Kier alpha value is -0.810. The van der Waals surface area contributed by atoms with Crippen molar-refractivity contribution in [3.63, 3.8) is 0 Å². The number of amides is 1. The molecule has 1 aromatic carbocycles. The molecule has 1 amide bonds. The maximum absolute atomic E-state index is 12.4. The molecule has 2 saturated heterocycles. The third kappa shape index (κ3) is 3.74. The molecule has 0 aromatic heterocycles. The highest BCUT2D eigenvalue weighted by Crippen LogP contribution is 2.23. The molecule has 4 nitrogen and oxygen atoms in total. The van der Waals surface area contributed by atoms with E-state index in [1.807, 2.05) is 11.0 Å². The van der Waals surface area contributed by atoms with E-state index in [1.54, 1.807) is 12.1 Å². The first kappa shape index (κ1) is 16.1. The summed E-state index contributed by atoms with van der Waals surface area (Å²) in [6.07, 6.45) is 1.61. The van der Waals surface area contributed by atoms with Crippen LogP contribution in [0.25, 0.3) is 0 Å². The number of hydrogen-bond donors (Lipinski definition) is 1. The molecule has 0 saturated carbocycles. The summed E-state index contributed by atoms with van der Waals surface area (Å²) in [4.78, 5) is 16.9. The van der Waals surface area contributed by atoms with Crippen molar-refractivity contribution >= 4 is 29.1 Å². The Kier molecular flexibility index (Phi) is 5.24. The van der Waals surface area contributed by atoms with Crippen molar-refractivity contribution in [3.05, 3.63) is 33.8 Å². The van der Waals surface area contributed by atoms with Crippen LogP contribution in [0.5, 0.6) is 0 Å². The number of piperazine rings is 1. The lowest BCUT2D eigenvalue weighted by Crippen LogP contribution is -2.52. The van der Waals surface area contributed by atoms with Crippen molar-refractivity contribution in [2.75, 3.05) is 39.3 Å². The highest BCUT2D eigenvalue weighted by Gasteiger charge is 2.27. The van der Waals surface area contributed by atoms with Gasteiger partial charge in [0.05, 0.1) is 16.5 Å². The monoisotopic (exact) mass is 341 g/mol. The van der Waals surface area contributed by atoms with Gasteiger partial charge in [0, 0.05) is 38.8 Å². The fourth-order valence-corrected chi connectivity index (χ4v) is 3.54. The van der Waals surface area contributed by atoms with E-state index in [4.69, 9.17) is 23.2 Å². The van der Waals surface area contributed by atoms with E-state index in [0.717, 1.165) is 44.8 Å². The van der Waals surface area contributed by atoms with Gasteiger partial charge in [-0.1, -0.05) is 29.3 Å². The van der Waals surface area contributed by atoms with Gasteiger partial charge >= 0.3 is 0 Å². The Balaban J connectivity index is 1.52. The summed E-state index contributed by atoms with van der Waals surface area (Å²) in [5.41, 5.74) is 0.918. The fourth-order valence-electron chi connectivity index (χ4n) is 3.22. The van der Waals surface area contributed by atoms with Crippen LogP contribution in [0.3, 0.4) is 0 Å². The van der Waals surface area contributed by atoms with Crippen LogP contribution in [0.4, 0.5) is 0 Å². The lowest BCUT2D eigenvalue weighted by Gasteiger charge is -2.37. The second kappa shape index (κ2) is 7.18. The van der Waals surface area contributed by atoms with Gasteiger partial charge in [-0.3, -0.25) is 9.69 Å². The predicted molar refractivity (Wildman–Crippen MR) is 89.6 cm³/mol. The summed E-state index contributed by atoms with van der Waals surface area (Å²) in [5.74, 6) is 0.169. The minimum Gasteiger partial charge on any atom is -0.340 e. The number of halogens is 2. The highest BCUT2D eigenvalue weighted by atomic mass is 35.5. The van der Waals surface area contributed by atoms with Gasteiger partial charge in [0.15, 0.2) is 0 Å². The zero-order chi connectivity index (χ0) is 15.5. The largest absolute Gasteiger partial charge is 0.340 e. The van der Waals surface area contributed by atoms with E-state index in [0.29, 0.717) is 22.5 Å². The van der Waals surface area contributed by atoms with Crippen LogP contribution >= 0.6 is 23.2 Å². The van der Waals surface area contributed by atoms with Crippen molar-refractivity contribution in [1.29, 1.82) is 0 Å². The SMILES string of the molecule is O=C(Cc1ccc(Cl)c(Cl)c1)N1CCN(C2CCNC2)CC1. The summed E-state index contributed by atoms with van der Waals surface area (Å²) < 4.78 is 0. The lowest BCUT2D eigenvalue weighted by atomic mass is 10.1. The predicted octanol–water partition coefficient (Wildman–Crippen LogP) is 2.04. The van der Waals surface area contributed by atoms with E-state index < -0.39 is 0 Å². The van der Waals surface area contributed by atoms with Crippen LogP contribution in [0.1, 0.15) is 12.0 Å². The number of rotatable bonds is 3. The zero-order valence-corrected chi connectivity index (χ0v) is 14.0. The molecule has 1 aromatic rings. The summed E-state index contributed by atoms with van der Waals surface area (Å²) >= 11 is 11.9. The maximum atomic E-state index is 12.4. The zero-order valence-electron chi connectivity index (χ0n) is 12.5. The first-order valence-electron chi connectivity index (χ1n) is 7.80. The first-order valence-corrected chi connectivity index (χ1v) is 8.55. The molecule has 2 aliphatic heterocycles. The molecule has 1 N–H and O–H groups in total. The molecular formula is C16H21Cl2N3O. The van der Waals surface area contributed by atoms with Crippen LogP contribution in [-0.2, 0) is 11.2 Å². The van der Waals surface area contributed by atoms with Crippen molar-refractivity contribution in [3.8, 4) is 0 Å². The van der Waals surface area contributed by atoms with Crippen molar-refractivity contribution in [2.24, 2.45) is 0 Å². The Morgan fingerprint density at radius 1 is 1.18 bits per heavy atom. The molecule has 0 spiro atoms. The Bertz CT molecular complexity index is 538. The molecule has 120 valence electrons. The average molecular weight is 342 g/mol. The van der Waals surface area contributed by atoms with E-state index >= 15 is 0 Å². The number of nitrogens with zero attached hydrogens (tertiary/aromatic N) is 2. The molecular weight excluding hydrogens is 321 g/mol. The maximum Gasteiger partial charge on any atom is 0.227 e. The van der Waals surface area contributed by atoms with Gasteiger partial charge in [-0.15, -0.1) is 0 Å². The molecule has 2 heterocycles. The fraction of sp³-hybridized carbons (Fsp3) is 0.562. The second-order valence-electron chi connectivity index (χ2n) is 5.99. The van der Waals surface area contributed by atoms with Crippen LogP contribution < -0.4 is 5.32 Å². The highest BCUT2D eigenvalue weighted by molar-refractivity contribution is 6.42. The standard InChI is InChI=1S/C16H21Cl2N3O/c17-14-2-1-12(9-15(14)18)10-16(22)21-7-5-20(6-8-21)13-3-4-19-11-13/h1-2,9,13,19H,3-8,10-11H2. The van der Waals surface area contributed by atoms with E-state index in [-0.39, 0.29) is 5.91 Å². The topological polar surface area (TPSA) is 35.6 Å². The minimum atomic E-state index is 0.169.